The summed E-state index contributed by atoms with van der Waals surface area (Å²) in [5, 5.41) is 4.41. The minimum absolute atomic E-state index is 0.427. The number of hydrazine groups is 1. The number of nitrogens with two attached hydrogens (primary N) is 1. The molecule has 4 N–H and O–H groups in total. The number of nitrogens with one attached hydrogen (secondary N) is 2. The molecule has 0 amide bonds. The Balaban J connectivity index is 1.92. The van der Waals surface area contributed by atoms with Gasteiger partial charge in [0.1, 0.15) is 10.6 Å². The van der Waals surface area contributed by atoms with Crippen LogP contribution in [-0.4, -0.2) is 9.97 Å². The molecule has 0 atom stereocenters. The summed E-state index contributed by atoms with van der Waals surface area (Å²) in [6.07, 6.45) is 0. The minimum atomic E-state index is 0.427. The fourth-order valence-corrected chi connectivity index (χ4v) is 3.13. The maximum absolute atomic E-state index is 5.45. The summed E-state index contributed by atoms with van der Waals surface area (Å²) < 4.78 is 0. The van der Waals surface area contributed by atoms with Gasteiger partial charge in [-0.2, -0.15) is 4.98 Å². The number of anilines is 2. The highest BCUT2D eigenvalue weighted by atomic mass is 32.1. The number of fused-ring (bicyclic) bond motifs is 1. The van der Waals surface area contributed by atoms with Gasteiger partial charge in [-0.1, -0.05) is 29.8 Å². The average Bonchev–Trinajstić information content (AvgIpc) is 2.85. The van der Waals surface area contributed by atoms with Crippen molar-refractivity contribution in [3.05, 3.63) is 46.3 Å². The standard InChI is InChI=1S/C15H17N5S/c1-9-4-3-5-11(6-9)8-17-13-12-7-10(2)21-14(12)19-15(18-13)20-16/h3-7H,8,16H2,1-2H3,(H2,17,18,19,20). The van der Waals surface area contributed by atoms with Crippen molar-refractivity contribution in [2.45, 2.75) is 20.4 Å². The van der Waals surface area contributed by atoms with Crippen LogP contribution in [0.1, 0.15) is 16.0 Å². The number of rotatable bonds is 4. The second kappa shape index (κ2) is 5.67. The Morgan fingerprint density at radius 1 is 1.19 bits per heavy atom. The largest absolute Gasteiger partial charge is 0.365 e. The fourth-order valence-electron chi connectivity index (χ4n) is 2.25. The molecule has 0 radical (unpaired) electrons. The quantitative estimate of drug-likeness (QED) is 0.509. The van der Waals surface area contributed by atoms with Gasteiger partial charge in [0.2, 0.25) is 5.95 Å². The first-order chi connectivity index (χ1) is 10.2. The molecule has 6 heteroatoms. The van der Waals surface area contributed by atoms with E-state index in [1.807, 2.05) is 0 Å². The topological polar surface area (TPSA) is 75.9 Å². The van der Waals surface area contributed by atoms with E-state index in [4.69, 9.17) is 5.84 Å². The van der Waals surface area contributed by atoms with Crippen LogP contribution in [0.15, 0.2) is 30.3 Å². The molecule has 0 aliphatic heterocycles. The zero-order valence-corrected chi connectivity index (χ0v) is 12.8. The van der Waals surface area contributed by atoms with Crippen molar-refractivity contribution < 1.29 is 0 Å². The molecule has 0 fully saturated rings. The molecule has 0 spiro atoms. The van der Waals surface area contributed by atoms with E-state index in [0.29, 0.717) is 12.5 Å². The zero-order valence-electron chi connectivity index (χ0n) is 12.0. The summed E-state index contributed by atoms with van der Waals surface area (Å²) in [6, 6.07) is 10.5. The zero-order chi connectivity index (χ0) is 14.8. The molecule has 108 valence electrons. The summed E-state index contributed by atoms with van der Waals surface area (Å²) in [6.45, 7) is 4.87. The second-order valence-corrected chi connectivity index (χ2v) is 6.19. The van der Waals surface area contributed by atoms with Crippen LogP contribution in [-0.2, 0) is 6.54 Å². The second-order valence-electron chi connectivity index (χ2n) is 4.96. The molecule has 0 bridgehead atoms. The Bertz CT molecular complexity index is 781. The number of thiophene rings is 1. The highest BCUT2D eigenvalue weighted by molar-refractivity contribution is 7.18. The van der Waals surface area contributed by atoms with E-state index in [9.17, 15) is 0 Å². The summed E-state index contributed by atoms with van der Waals surface area (Å²) in [5.41, 5.74) is 4.99. The van der Waals surface area contributed by atoms with Crippen molar-refractivity contribution in [2.75, 3.05) is 10.7 Å². The molecule has 2 heterocycles. The van der Waals surface area contributed by atoms with Gasteiger partial charge in [-0.3, -0.25) is 5.43 Å². The van der Waals surface area contributed by atoms with E-state index < -0.39 is 0 Å². The first-order valence-electron chi connectivity index (χ1n) is 6.70. The van der Waals surface area contributed by atoms with Crippen molar-refractivity contribution in [3.63, 3.8) is 0 Å². The Morgan fingerprint density at radius 2 is 2.05 bits per heavy atom. The Kier molecular flexibility index (Phi) is 3.72. The van der Waals surface area contributed by atoms with Gasteiger partial charge in [-0.15, -0.1) is 11.3 Å². The molecule has 2 aromatic heterocycles. The molecular formula is C15H17N5S. The van der Waals surface area contributed by atoms with Crippen LogP contribution in [0.3, 0.4) is 0 Å². The summed E-state index contributed by atoms with van der Waals surface area (Å²) in [7, 11) is 0. The number of benzene rings is 1. The third-order valence-electron chi connectivity index (χ3n) is 3.19. The highest BCUT2D eigenvalue weighted by Crippen LogP contribution is 2.29. The Morgan fingerprint density at radius 3 is 2.81 bits per heavy atom. The predicted octanol–water partition coefficient (Wildman–Crippen LogP) is 3.21. The van der Waals surface area contributed by atoms with E-state index in [1.165, 1.54) is 16.0 Å². The lowest BCUT2D eigenvalue weighted by molar-refractivity contribution is 1.09. The van der Waals surface area contributed by atoms with Crippen LogP contribution in [0, 0.1) is 13.8 Å². The van der Waals surface area contributed by atoms with E-state index >= 15 is 0 Å². The molecule has 0 aliphatic carbocycles. The molecule has 0 saturated carbocycles. The third kappa shape index (κ3) is 2.96. The van der Waals surface area contributed by atoms with Gasteiger partial charge in [0.15, 0.2) is 0 Å². The van der Waals surface area contributed by atoms with Crippen LogP contribution in [0.5, 0.6) is 0 Å². The van der Waals surface area contributed by atoms with E-state index in [1.54, 1.807) is 11.3 Å². The lowest BCUT2D eigenvalue weighted by atomic mass is 10.1. The molecule has 3 rings (SSSR count). The maximum Gasteiger partial charge on any atom is 0.240 e. The number of hydrogen-bond donors (Lipinski definition) is 3. The summed E-state index contributed by atoms with van der Waals surface area (Å²) in [4.78, 5) is 10.9. The maximum atomic E-state index is 5.45. The van der Waals surface area contributed by atoms with Crippen LogP contribution in [0.25, 0.3) is 10.2 Å². The van der Waals surface area contributed by atoms with E-state index in [0.717, 1.165) is 16.0 Å². The Labute approximate surface area is 127 Å². The van der Waals surface area contributed by atoms with Crippen LogP contribution in [0.2, 0.25) is 0 Å². The molecular weight excluding hydrogens is 282 g/mol. The number of aryl methyl sites for hydroxylation is 2. The van der Waals surface area contributed by atoms with Crippen molar-refractivity contribution >= 4 is 33.3 Å². The van der Waals surface area contributed by atoms with Crippen molar-refractivity contribution in [1.82, 2.24) is 9.97 Å². The van der Waals surface area contributed by atoms with E-state index in [-0.39, 0.29) is 0 Å². The van der Waals surface area contributed by atoms with Crippen molar-refractivity contribution in [1.29, 1.82) is 0 Å². The van der Waals surface area contributed by atoms with Gasteiger partial charge in [0, 0.05) is 11.4 Å². The third-order valence-corrected chi connectivity index (χ3v) is 4.13. The van der Waals surface area contributed by atoms with Gasteiger partial charge in [0.05, 0.1) is 5.39 Å². The SMILES string of the molecule is Cc1cccc(CNc2nc(NN)nc3sc(C)cc23)c1. The first-order valence-corrected chi connectivity index (χ1v) is 7.51. The summed E-state index contributed by atoms with van der Waals surface area (Å²) >= 11 is 1.63. The fraction of sp³-hybridized carbons (Fsp3) is 0.200. The smallest absolute Gasteiger partial charge is 0.240 e. The lowest BCUT2D eigenvalue weighted by Gasteiger charge is -2.09. The molecule has 3 aromatic rings. The first kappa shape index (κ1) is 13.8. The molecule has 0 saturated heterocycles. The van der Waals surface area contributed by atoms with Crippen LogP contribution >= 0.6 is 11.3 Å². The lowest BCUT2D eigenvalue weighted by Crippen LogP contribution is -2.12. The number of nitrogen functional groups attached to an aromatic ring is 1. The van der Waals surface area contributed by atoms with Gasteiger partial charge in [-0.25, -0.2) is 10.8 Å². The van der Waals surface area contributed by atoms with Gasteiger partial charge < -0.3 is 5.32 Å². The average molecular weight is 299 g/mol. The number of aromatic nitrogens is 2. The van der Waals surface area contributed by atoms with Crippen molar-refractivity contribution in [2.24, 2.45) is 5.84 Å². The minimum Gasteiger partial charge on any atom is -0.365 e. The highest BCUT2D eigenvalue weighted by Gasteiger charge is 2.10. The molecule has 1 aromatic carbocycles. The van der Waals surface area contributed by atoms with E-state index in [2.05, 4.69) is 64.9 Å². The molecule has 21 heavy (non-hydrogen) atoms. The van der Waals surface area contributed by atoms with Gasteiger partial charge in [0.25, 0.3) is 0 Å². The van der Waals surface area contributed by atoms with Crippen LogP contribution in [0.4, 0.5) is 11.8 Å². The molecule has 0 unspecified atom stereocenters. The number of nitrogens with zero attached hydrogens (tertiary/aromatic N) is 2. The summed E-state index contributed by atoms with van der Waals surface area (Å²) in [5.74, 6) is 6.68. The van der Waals surface area contributed by atoms with Gasteiger partial charge >= 0.3 is 0 Å². The normalized spacial score (nSPS) is 10.8. The van der Waals surface area contributed by atoms with Crippen LogP contribution < -0.4 is 16.6 Å². The predicted molar refractivity (Wildman–Crippen MR) is 88.5 cm³/mol. The molecule has 5 nitrogen and oxygen atoms in total. The molecule has 0 aliphatic rings. The van der Waals surface area contributed by atoms with Gasteiger partial charge in [-0.05, 0) is 25.5 Å². The number of hydrogen-bond acceptors (Lipinski definition) is 6. The van der Waals surface area contributed by atoms with Crippen molar-refractivity contribution in [3.8, 4) is 0 Å². The Hall–Kier alpha value is -2.18. The monoisotopic (exact) mass is 299 g/mol.